The lowest BCUT2D eigenvalue weighted by Gasteiger charge is -2.03. The Morgan fingerprint density at radius 2 is 2.00 bits per heavy atom. The van der Waals surface area contributed by atoms with E-state index in [0.29, 0.717) is 18.0 Å². The van der Waals surface area contributed by atoms with Crippen LogP contribution in [0, 0.1) is 0 Å². The van der Waals surface area contributed by atoms with Crippen molar-refractivity contribution < 1.29 is 9.53 Å². The number of aromatic nitrogens is 4. The highest BCUT2D eigenvalue weighted by Gasteiger charge is 2.09. The zero-order chi connectivity index (χ0) is 14.5. The molecule has 6 heteroatoms. The molecule has 20 heavy (non-hydrogen) atoms. The molecule has 0 N–H and O–H groups in total. The quantitative estimate of drug-likeness (QED) is 0.619. The van der Waals surface area contributed by atoms with Crippen LogP contribution in [0.2, 0.25) is 0 Å². The highest BCUT2D eigenvalue weighted by Crippen LogP contribution is 2.19. The van der Waals surface area contributed by atoms with Gasteiger partial charge in [0, 0.05) is 12.0 Å². The van der Waals surface area contributed by atoms with Gasteiger partial charge in [0.25, 0.3) is 0 Å². The second kappa shape index (κ2) is 6.27. The van der Waals surface area contributed by atoms with Crippen molar-refractivity contribution in [2.45, 2.75) is 39.7 Å². The van der Waals surface area contributed by atoms with Gasteiger partial charge in [0.2, 0.25) is 5.82 Å². The van der Waals surface area contributed by atoms with Crippen molar-refractivity contribution in [3.8, 4) is 17.1 Å². The SMILES string of the molecule is CCCC(=O)Oc1ccc(-c2nnn(C(C)C)n2)cc1. The molecule has 0 bridgehead atoms. The molecule has 6 nitrogen and oxygen atoms in total. The summed E-state index contributed by atoms with van der Waals surface area (Å²) in [7, 11) is 0. The van der Waals surface area contributed by atoms with Crippen molar-refractivity contribution in [2.75, 3.05) is 0 Å². The first-order chi connectivity index (χ1) is 9.60. The molecule has 0 atom stereocenters. The molecular weight excluding hydrogens is 256 g/mol. The van der Waals surface area contributed by atoms with E-state index in [2.05, 4.69) is 15.4 Å². The molecule has 1 heterocycles. The number of nitrogens with zero attached hydrogens (tertiary/aromatic N) is 4. The standard InChI is InChI=1S/C14H18N4O2/c1-4-5-13(19)20-12-8-6-11(7-9-12)14-15-17-18(16-14)10(2)3/h6-10H,4-5H2,1-3H3. The summed E-state index contributed by atoms with van der Waals surface area (Å²) >= 11 is 0. The van der Waals surface area contributed by atoms with Crippen LogP contribution < -0.4 is 4.74 Å². The lowest BCUT2D eigenvalue weighted by Crippen LogP contribution is -2.06. The largest absolute Gasteiger partial charge is 0.427 e. The Kier molecular flexibility index (Phi) is 4.45. The van der Waals surface area contributed by atoms with E-state index in [0.717, 1.165) is 12.0 Å². The zero-order valence-electron chi connectivity index (χ0n) is 11.9. The van der Waals surface area contributed by atoms with Crippen LogP contribution in [-0.2, 0) is 4.79 Å². The van der Waals surface area contributed by atoms with E-state index in [4.69, 9.17) is 4.74 Å². The summed E-state index contributed by atoms with van der Waals surface area (Å²) in [4.78, 5) is 12.9. The van der Waals surface area contributed by atoms with E-state index in [9.17, 15) is 4.79 Å². The molecule has 0 spiro atoms. The lowest BCUT2D eigenvalue weighted by molar-refractivity contribution is -0.134. The van der Waals surface area contributed by atoms with Crippen LogP contribution >= 0.6 is 0 Å². The van der Waals surface area contributed by atoms with Gasteiger partial charge in [0.1, 0.15) is 5.75 Å². The Morgan fingerprint density at radius 3 is 2.55 bits per heavy atom. The van der Waals surface area contributed by atoms with Crippen molar-refractivity contribution in [3.63, 3.8) is 0 Å². The smallest absolute Gasteiger partial charge is 0.311 e. The van der Waals surface area contributed by atoms with Gasteiger partial charge < -0.3 is 4.74 Å². The molecule has 0 saturated carbocycles. The molecule has 0 aliphatic heterocycles. The average molecular weight is 274 g/mol. The molecule has 0 saturated heterocycles. The number of carbonyl (C=O) groups is 1. The fourth-order valence-electron chi connectivity index (χ4n) is 1.62. The number of hydrogen-bond acceptors (Lipinski definition) is 5. The molecule has 0 unspecified atom stereocenters. The predicted octanol–water partition coefficient (Wildman–Crippen LogP) is 2.63. The Morgan fingerprint density at radius 1 is 1.30 bits per heavy atom. The molecule has 1 aromatic carbocycles. The molecular formula is C14H18N4O2. The summed E-state index contributed by atoms with van der Waals surface area (Å²) in [5.41, 5.74) is 0.840. The van der Waals surface area contributed by atoms with Gasteiger partial charge in [-0.15, -0.1) is 10.2 Å². The Hall–Kier alpha value is -2.24. The van der Waals surface area contributed by atoms with Crippen LogP contribution in [0.4, 0.5) is 0 Å². The maximum absolute atomic E-state index is 11.4. The van der Waals surface area contributed by atoms with Crippen molar-refractivity contribution in [2.24, 2.45) is 0 Å². The second-order valence-electron chi connectivity index (χ2n) is 4.78. The third-order valence-corrected chi connectivity index (χ3v) is 2.69. The summed E-state index contributed by atoms with van der Waals surface area (Å²) < 4.78 is 5.19. The average Bonchev–Trinajstić information content (AvgIpc) is 2.89. The molecule has 0 amide bonds. The molecule has 0 fully saturated rings. The summed E-state index contributed by atoms with van der Waals surface area (Å²) in [5.74, 6) is 0.873. The summed E-state index contributed by atoms with van der Waals surface area (Å²) in [6.45, 7) is 5.91. The van der Waals surface area contributed by atoms with Gasteiger partial charge in [0.15, 0.2) is 0 Å². The first kappa shape index (κ1) is 14.2. The molecule has 106 valence electrons. The molecule has 2 rings (SSSR count). The monoisotopic (exact) mass is 274 g/mol. The maximum atomic E-state index is 11.4. The molecule has 2 aromatic rings. The number of carbonyl (C=O) groups excluding carboxylic acids is 1. The van der Waals surface area contributed by atoms with Crippen molar-refractivity contribution in [3.05, 3.63) is 24.3 Å². The third-order valence-electron chi connectivity index (χ3n) is 2.69. The normalized spacial score (nSPS) is 10.8. The van der Waals surface area contributed by atoms with E-state index in [1.165, 1.54) is 0 Å². The molecule has 0 radical (unpaired) electrons. The first-order valence-electron chi connectivity index (χ1n) is 6.70. The van der Waals surface area contributed by atoms with Gasteiger partial charge in [-0.25, -0.2) is 0 Å². The van der Waals surface area contributed by atoms with Crippen molar-refractivity contribution in [1.82, 2.24) is 20.2 Å². The summed E-state index contributed by atoms with van der Waals surface area (Å²) in [5, 5.41) is 12.3. The van der Waals surface area contributed by atoms with Gasteiger partial charge in [-0.1, -0.05) is 6.92 Å². The van der Waals surface area contributed by atoms with Gasteiger partial charge >= 0.3 is 5.97 Å². The third kappa shape index (κ3) is 3.40. The molecule has 0 aliphatic rings. The Bertz CT molecular complexity index is 575. The van der Waals surface area contributed by atoms with E-state index >= 15 is 0 Å². The predicted molar refractivity (Wildman–Crippen MR) is 74.2 cm³/mol. The fourth-order valence-corrected chi connectivity index (χ4v) is 1.62. The van der Waals surface area contributed by atoms with Crippen LogP contribution in [0.3, 0.4) is 0 Å². The van der Waals surface area contributed by atoms with Gasteiger partial charge in [-0.2, -0.15) is 4.80 Å². The maximum Gasteiger partial charge on any atom is 0.311 e. The number of benzene rings is 1. The number of ether oxygens (including phenoxy) is 1. The lowest BCUT2D eigenvalue weighted by atomic mass is 10.2. The summed E-state index contributed by atoms with van der Waals surface area (Å²) in [6.07, 6.45) is 1.20. The number of tetrazole rings is 1. The highest BCUT2D eigenvalue weighted by molar-refractivity contribution is 5.72. The van der Waals surface area contributed by atoms with Gasteiger partial charge in [-0.3, -0.25) is 4.79 Å². The highest BCUT2D eigenvalue weighted by atomic mass is 16.5. The number of esters is 1. The second-order valence-corrected chi connectivity index (χ2v) is 4.78. The zero-order valence-corrected chi connectivity index (χ0v) is 11.9. The van der Waals surface area contributed by atoms with Crippen molar-refractivity contribution >= 4 is 5.97 Å². The number of rotatable bonds is 5. The van der Waals surface area contributed by atoms with Crippen molar-refractivity contribution in [1.29, 1.82) is 0 Å². The van der Waals surface area contributed by atoms with Crippen LogP contribution in [0.1, 0.15) is 39.7 Å². The van der Waals surface area contributed by atoms with Gasteiger partial charge in [0.05, 0.1) is 6.04 Å². The van der Waals surface area contributed by atoms with Crippen LogP contribution in [0.15, 0.2) is 24.3 Å². The van der Waals surface area contributed by atoms with Crippen LogP contribution in [0.25, 0.3) is 11.4 Å². The minimum absolute atomic E-state index is 0.172. The summed E-state index contributed by atoms with van der Waals surface area (Å²) in [6, 6.07) is 7.27. The van der Waals surface area contributed by atoms with E-state index < -0.39 is 0 Å². The van der Waals surface area contributed by atoms with Gasteiger partial charge in [-0.05, 0) is 49.7 Å². The minimum Gasteiger partial charge on any atom is -0.427 e. The van der Waals surface area contributed by atoms with E-state index in [1.807, 2.05) is 32.9 Å². The van der Waals surface area contributed by atoms with E-state index in [1.54, 1.807) is 16.9 Å². The first-order valence-corrected chi connectivity index (χ1v) is 6.70. The van der Waals surface area contributed by atoms with E-state index in [-0.39, 0.29) is 12.0 Å². The topological polar surface area (TPSA) is 69.9 Å². The Balaban J connectivity index is 2.09. The molecule has 1 aromatic heterocycles. The molecule has 0 aliphatic carbocycles. The van der Waals surface area contributed by atoms with Crippen LogP contribution in [0.5, 0.6) is 5.75 Å². The fraction of sp³-hybridized carbons (Fsp3) is 0.429. The number of hydrogen-bond donors (Lipinski definition) is 0. The van der Waals surface area contributed by atoms with Crippen LogP contribution in [-0.4, -0.2) is 26.2 Å². The Labute approximate surface area is 117 Å². The minimum atomic E-state index is -0.218.